The first-order chi connectivity index (χ1) is 6.70. The fourth-order valence-electron chi connectivity index (χ4n) is 4.32. The molecule has 1 aliphatic rings. The zero-order chi connectivity index (χ0) is 11.9. The van der Waals surface area contributed by atoms with Gasteiger partial charge < -0.3 is 5.11 Å². The minimum atomic E-state index is 0.265. The van der Waals surface area contributed by atoms with Crippen LogP contribution in [0.2, 0.25) is 0 Å². The summed E-state index contributed by atoms with van der Waals surface area (Å²) < 4.78 is 0. The van der Waals surface area contributed by atoms with Crippen LogP contribution < -0.4 is 0 Å². The van der Waals surface area contributed by atoms with Crippen LogP contribution in [0.25, 0.3) is 0 Å². The highest BCUT2D eigenvalue weighted by atomic mass is 16.3. The normalized spacial score (nSPS) is 33.7. The summed E-state index contributed by atoms with van der Waals surface area (Å²) in [4.78, 5) is 0. The molecule has 1 heteroatoms. The van der Waals surface area contributed by atoms with Crippen LogP contribution >= 0.6 is 0 Å². The van der Waals surface area contributed by atoms with Gasteiger partial charge in [0.1, 0.15) is 0 Å². The molecular weight excluding hydrogens is 184 g/mol. The number of aliphatic hydroxyl groups is 1. The predicted molar refractivity (Wildman–Crippen MR) is 65.7 cm³/mol. The first-order valence-corrected chi connectivity index (χ1v) is 5.97. The van der Waals surface area contributed by atoms with E-state index in [1.54, 1.807) is 0 Å². The van der Waals surface area contributed by atoms with Gasteiger partial charge in [0.05, 0.1) is 0 Å². The SMILES string of the molecule is C=C(C)C1C(C)(C)CC(CO)CC1(C)C. The molecule has 0 heterocycles. The summed E-state index contributed by atoms with van der Waals surface area (Å²) in [6, 6.07) is 0. The van der Waals surface area contributed by atoms with Crippen molar-refractivity contribution in [1.82, 2.24) is 0 Å². The lowest BCUT2D eigenvalue weighted by molar-refractivity contribution is -0.0132. The Bertz CT molecular complexity index is 232. The van der Waals surface area contributed by atoms with Crippen molar-refractivity contribution in [2.75, 3.05) is 6.61 Å². The zero-order valence-corrected chi connectivity index (χ0v) is 10.9. The Balaban J connectivity index is 3.00. The van der Waals surface area contributed by atoms with Crippen LogP contribution in [0.1, 0.15) is 47.5 Å². The lowest BCUT2D eigenvalue weighted by Gasteiger charge is -2.52. The van der Waals surface area contributed by atoms with Gasteiger partial charge in [0.2, 0.25) is 0 Å². The largest absolute Gasteiger partial charge is 0.396 e. The highest BCUT2D eigenvalue weighted by Crippen LogP contribution is 2.55. The van der Waals surface area contributed by atoms with Crippen LogP contribution in [-0.4, -0.2) is 11.7 Å². The number of allylic oxidation sites excluding steroid dienone is 1. The summed E-state index contributed by atoms with van der Waals surface area (Å²) in [6.07, 6.45) is 2.23. The summed E-state index contributed by atoms with van der Waals surface area (Å²) in [5.41, 5.74) is 1.82. The third-order valence-corrected chi connectivity index (χ3v) is 3.94. The lowest BCUT2D eigenvalue weighted by Crippen LogP contribution is -2.45. The van der Waals surface area contributed by atoms with E-state index < -0.39 is 0 Å². The molecule has 1 rings (SSSR count). The van der Waals surface area contributed by atoms with Crippen molar-refractivity contribution in [3.8, 4) is 0 Å². The molecule has 15 heavy (non-hydrogen) atoms. The van der Waals surface area contributed by atoms with Gasteiger partial charge in [-0.1, -0.05) is 39.8 Å². The fraction of sp³-hybridized carbons (Fsp3) is 0.857. The Morgan fingerprint density at radius 2 is 1.60 bits per heavy atom. The zero-order valence-electron chi connectivity index (χ0n) is 10.9. The van der Waals surface area contributed by atoms with Crippen LogP contribution in [0.3, 0.4) is 0 Å². The summed E-state index contributed by atoms with van der Waals surface area (Å²) in [5, 5.41) is 9.36. The number of hydrogen-bond donors (Lipinski definition) is 1. The molecular formula is C14H26O. The topological polar surface area (TPSA) is 20.2 Å². The van der Waals surface area contributed by atoms with Gasteiger partial charge in [0.25, 0.3) is 0 Å². The molecule has 0 aromatic heterocycles. The van der Waals surface area contributed by atoms with Crippen molar-refractivity contribution in [1.29, 1.82) is 0 Å². The van der Waals surface area contributed by atoms with E-state index in [9.17, 15) is 5.11 Å². The molecule has 0 atom stereocenters. The maximum atomic E-state index is 9.36. The van der Waals surface area contributed by atoms with Crippen LogP contribution in [0.15, 0.2) is 12.2 Å². The van der Waals surface area contributed by atoms with E-state index in [0.29, 0.717) is 18.4 Å². The second-order valence-electron chi connectivity index (χ2n) is 6.71. The van der Waals surface area contributed by atoms with E-state index in [0.717, 1.165) is 12.8 Å². The number of aliphatic hydroxyl groups excluding tert-OH is 1. The number of hydrogen-bond acceptors (Lipinski definition) is 1. The maximum absolute atomic E-state index is 9.36. The molecule has 1 fully saturated rings. The quantitative estimate of drug-likeness (QED) is 0.690. The van der Waals surface area contributed by atoms with Crippen molar-refractivity contribution in [3.05, 3.63) is 12.2 Å². The first-order valence-electron chi connectivity index (χ1n) is 5.97. The van der Waals surface area contributed by atoms with E-state index in [4.69, 9.17) is 0 Å². The molecule has 0 amide bonds. The highest BCUT2D eigenvalue weighted by molar-refractivity contribution is 5.11. The Kier molecular flexibility index (Phi) is 3.35. The van der Waals surface area contributed by atoms with Crippen molar-refractivity contribution in [2.24, 2.45) is 22.7 Å². The monoisotopic (exact) mass is 210 g/mol. The van der Waals surface area contributed by atoms with Gasteiger partial charge in [-0.3, -0.25) is 0 Å². The van der Waals surface area contributed by atoms with Gasteiger partial charge in [-0.05, 0) is 42.4 Å². The van der Waals surface area contributed by atoms with Crippen molar-refractivity contribution in [2.45, 2.75) is 47.5 Å². The molecule has 0 aromatic carbocycles. The van der Waals surface area contributed by atoms with Crippen LogP contribution in [0.4, 0.5) is 0 Å². The van der Waals surface area contributed by atoms with Gasteiger partial charge >= 0.3 is 0 Å². The summed E-state index contributed by atoms with van der Waals surface area (Å²) in [6.45, 7) is 15.9. The lowest BCUT2D eigenvalue weighted by atomic mass is 9.53. The molecule has 1 N–H and O–H groups in total. The maximum Gasteiger partial charge on any atom is 0.0459 e. The third-order valence-electron chi connectivity index (χ3n) is 3.94. The molecule has 0 spiro atoms. The van der Waals surface area contributed by atoms with Crippen LogP contribution in [0, 0.1) is 22.7 Å². The van der Waals surface area contributed by atoms with E-state index in [-0.39, 0.29) is 10.8 Å². The van der Waals surface area contributed by atoms with Gasteiger partial charge in [-0.2, -0.15) is 0 Å². The standard InChI is InChI=1S/C14H26O/c1-10(2)12-13(3,4)7-11(9-15)8-14(12,5)6/h11-12,15H,1,7-9H2,2-6H3. The molecule has 0 saturated heterocycles. The van der Waals surface area contributed by atoms with Gasteiger partial charge in [-0.15, -0.1) is 0 Å². The second kappa shape index (κ2) is 3.93. The molecule has 1 saturated carbocycles. The molecule has 0 aliphatic heterocycles. The van der Waals surface area contributed by atoms with Crippen molar-refractivity contribution >= 4 is 0 Å². The third kappa shape index (κ3) is 2.44. The van der Waals surface area contributed by atoms with E-state index >= 15 is 0 Å². The fourth-order valence-corrected chi connectivity index (χ4v) is 4.32. The summed E-state index contributed by atoms with van der Waals surface area (Å²) in [7, 11) is 0. The Labute approximate surface area is 94.6 Å². The molecule has 1 nitrogen and oxygen atoms in total. The highest BCUT2D eigenvalue weighted by Gasteiger charge is 2.47. The minimum absolute atomic E-state index is 0.265. The van der Waals surface area contributed by atoms with Crippen LogP contribution in [-0.2, 0) is 0 Å². The van der Waals surface area contributed by atoms with E-state index in [2.05, 4.69) is 41.2 Å². The van der Waals surface area contributed by atoms with Crippen LogP contribution in [0.5, 0.6) is 0 Å². The Morgan fingerprint density at radius 1 is 1.20 bits per heavy atom. The molecule has 0 unspecified atom stereocenters. The van der Waals surface area contributed by atoms with Crippen molar-refractivity contribution in [3.63, 3.8) is 0 Å². The predicted octanol–water partition coefficient (Wildman–Crippen LogP) is 3.63. The molecule has 0 bridgehead atoms. The first kappa shape index (κ1) is 12.8. The smallest absolute Gasteiger partial charge is 0.0459 e. The second-order valence-corrected chi connectivity index (χ2v) is 6.71. The average Bonchev–Trinajstić information content (AvgIpc) is 1.97. The molecule has 1 aliphatic carbocycles. The Hall–Kier alpha value is -0.300. The van der Waals surface area contributed by atoms with Gasteiger partial charge in [0.15, 0.2) is 0 Å². The molecule has 88 valence electrons. The van der Waals surface area contributed by atoms with Gasteiger partial charge in [0, 0.05) is 6.61 Å². The molecule has 0 radical (unpaired) electrons. The summed E-state index contributed by atoms with van der Waals surface area (Å²) in [5.74, 6) is 1.03. The van der Waals surface area contributed by atoms with E-state index in [1.165, 1.54) is 5.57 Å². The Morgan fingerprint density at radius 3 is 1.87 bits per heavy atom. The van der Waals surface area contributed by atoms with E-state index in [1.807, 2.05) is 0 Å². The summed E-state index contributed by atoms with van der Waals surface area (Å²) >= 11 is 0. The number of rotatable bonds is 2. The molecule has 0 aromatic rings. The average molecular weight is 210 g/mol. The van der Waals surface area contributed by atoms with Gasteiger partial charge in [-0.25, -0.2) is 0 Å². The van der Waals surface area contributed by atoms with Crippen molar-refractivity contribution < 1.29 is 5.11 Å². The minimum Gasteiger partial charge on any atom is -0.396 e.